The van der Waals surface area contributed by atoms with Gasteiger partial charge in [-0.15, -0.1) is 0 Å². The molecule has 0 bridgehead atoms. The third kappa shape index (κ3) is 3.92. The van der Waals surface area contributed by atoms with E-state index in [9.17, 15) is 9.59 Å². The molecule has 1 unspecified atom stereocenters. The van der Waals surface area contributed by atoms with Gasteiger partial charge in [0.1, 0.15) is 11.2 Å². The number of ether oxygens (including phenoxy) is 1. The number of aromatic nitrogens is 2. The molecule has 1 aliphatic rings. The number of nitrogens with zero attached hydrogens (tertiary/aromatic N) is 3. The lowest BCUT2D eigenvalue weighted by molar-refractivity contribution is 0.0292. The Morgan fingerprint density at radius 2 is 2.16 bits per heavy atom. The summed E-state index contributed by atoms with van der Waals surface area (Å²) in [6, 6.07) is 5.46. The Bertz CT molecular complexity index is 840. The van der Waals surface area contributed by atoms with Crippen LogP contribution in [0.2, 0.25) is 0 Å². The van der Waals surface area contributed by atoms with Crippen molar-refractivity contribution in [3.8, 4) is 0 Å². The molecule has 7 nitrogen and oxygen atoms in total. The highest BCUT2D eigenvalue weighted by Crippen LogP contribution is 2.24. The van der Waals surface area contributed by atoms with Crippen LogP contribution in [0, 0.1) is 0 Å². The van der Waals surface area contributed by atoms with Gasteiger partial charge < -0.3 is 19.5 Å². The molecule has 2 aromatic rings. The third-order valence-corrected chi connectivity index (χ3v) is 4.33. The number of likely N-dealkylation sites (N-methyl/N-ethyl adjacent to an activating group) is 1. The average molecular weight is 344 g/mol. The Morgan fingerprint density at radius 1 is 1.40 bits per heavy atom. The minimum atomic E-state index is -0.486. The van der Waals surface area contributed by atoms with E-state index in [1.54, 1.807) is 17.2 Å². The molecule has 0 saturated carbocycles. The van der Waals surface area contributed by atoms with E-state index in [-0.39, 0.29) is 17.7 Å². The Kier molecular flexibility index (Phi) is 4.41. The van der Waals surface area contributed by atoms with Crippen LogP contribution >= 0.6 is 0 Å². The van der Waals surface area contributed by atoms with Crippen LogP contribution in [0.3, 0.4) is 0 Å². The van der Waals surface area contributed by atoms with Crippen LogP contribution in [0.4, 0.5) is 10.5 Å². The number of hydrogen-bond donors (Lipinski definition) is 1. The predicted molar refractivity (Wildman–Crippen MR) is 97.0 cm³/mol. The number of aromatic amines is 1. The molecule has 1 fully saturated rings. The predicted octanol–water partition coefficient (Wildman–Crippen LogP) is 2.37. The number of amides is 1. The van der Waals surface area contributed by atoms with Gasteiger partial charge in [0.2, 0.25) is 5.56 Å². The third-order valence-electron chi connectivity index (χ3n) is 4.33. The van der Waals surface area contributed by atoms with Gasteiger partial charge in [0.05, 0.1) is 11.9 Å². The molecule has 1 aliphatic heterocycles. The van der Waals surface area contributed by atoms with Crippen LogP contribution in [-0.2, 0) is 4.74 Å². The first-order valence-corrected chi connectivity index (χ1v) is 8.43. The lowest BCUT2D eigenvalue weighted by Gasteiger charge is -2.28. The van der Waals surface area contributed by atoms with E-state index in [2.05, 4.69) is 14.9 Å². The largest absolute Gasteiger partial charge is 0.444 e. The first-order valence-electron chi connectivity index (χ1n) is 8.43. The van der Waals surface area contributed by atoms with Gasteiger partial charge in [-0.1, -0.05) is 0 Å². The van der Waals surface area contributed by atoms with Gasteiger partial charge in [0.15, 0.2) is 0 Å². The number of likely N-dealkylation sites (tertiary alicyclic amines) is 1. The summed E-state index contributed by atoms with van der Waals surface area (Å²) in [5.41, 5.74) is 0.882. The highest BCUT2D eigenvalue weighted by atomic mass is 16.6. The molecule has 7 heteroatoms. The van der Waals surface area contributed by atoms with E-state index in [4.69, 9.17) is 4.74 Å². The van der Waals surface area contributed by atoms with E-state index >= 15 is 0 Å². The Hall–Kier alpha value is -2.57. The van der Waals surface area contributed by atoms with E-state index in [1.807, 2.05) is 33.9 Å². The maximum absolute atomic E-state index is 12.2. The van der Waals surface area contributed by atoms with Gasteiger partial charge in [0.25, 0.3) is 0 Å². The molecule has 25 heavy (non-hydrogen) atoms. The van der Waals surface area contributed by atoms with E-state index in [0.29, 0.717) is 18.7 Å². The number of anilines is 1. The average Bonchev–Trinajstić information content (AvgIpc) is 3.02. The van der Waals surface area contributed by atoms with Crippen molar-refractivity contribution < 1.29 is 9.53 Å². The Labute approximate surface area is 146 Å². The van der Waals surface area contributed by atoms with E-state index in [0.717, 1.165) is 17.5 Å². The Morgan fingerprint density at radius 3 is 2.88 bits per heavy atom. The van der Waals surface area contributed by atoms with Gasteiger partial charge in [-0.3, -0.25) is 4.79 Å². The summed E-state index contributed by atoms with van der Waals surface area (Å²) in [5, 5.41) is 0.881. The summed E-state index contributed by atoms with van der Waals surface area (Å²) in [4.78, 5) is 34.5. The van der Waals surface area contributed by atoms with Crippen molar-refractivity contribution in [1.82, 2.24) is 14.9 Å². The van der Waals surface area contributed by atoms with Crippen LogP contribution < -0.4 is 10.5 Å². The first-order chi connectivity index (χ1) is 11.7. The molecular weight excluding hydrogens is 320 g/mol. The molecular formula is C18H24N4O3. The van der Waals surface area contributed by atoms with Crippen molar-refractivity contribution >= 4 is 22.8 Å². The number of carbonyl (C=O) groups is 1. The smallest absolute Gasteiger partial charge is 0.410 e. The Balaban J connectivity index is 1.71. The molecule has 1 amide bonds. The summed E-state index contributed by atoms with van der Waals surface area (Å²) >= 11 is 0. The molecule has 1 N–H and O–H groups in total. The maximum atomic E-state index is 12.2. The lowest BCUT2D eigenvalue weighted by atomic mass is 10.2. The number of H-pyrrole nitrogens is 1. The van der Waals surface area contributed by atoms with Crippen LogP contribution in [0.5, 0.6) is 0 Å². The molecule has 0 spiro atoms. The summed E-state index contributed by atoms with van der Waals surface area (Å²) in [6.45, 7) is 6.91. The number of fused-ring (bicyclic) bond motifs is 1. The summed E-state index contributed by atoms with van der Waals surface area (Å²) < 4.78 is 5.45. The molecule has 1 atom stereocenters. The second kappa shape index (κ2) is 6.38. The molecule has 3 rings (SSSR count). The summed E-state index contributed by atoms with van der Waals surface area (Å²) in [6.07, 6.45) is 2.35. The SMILES string of the molecule is CN(c1cnc2[nH]c(=O)ccc2c1)C1CCN(C(=O)OC(C)(C)C)C1. The van der Waals surface area contributed by atoms with Gasteiger partial charge in [-0.05, 0) is 39.3 Å². The maximum Gasteiger partial charge on any atom is 0.410 e. The van der Waals surface area contributed by atoms with Crippen molar-refractivity contribution in [3.63, 3.8) is 0 Å². The quantitative estimate of drug-likeness (QED) is 0.905. The van der Waals surface area contributed by atoms with Crippen LogP contribution in [0.1, 0.15) is 27.2 Å². The van der Waals surface area contributed by atoms with Crippen molar-refractivity contribution in [2.45, 2.75) is 38.8 Å². The molecule has 1 saturated heterocycles. The lowest BCUT2D eigenvalue weighted by Crippen LogP contribution is -2.39. The minimum absolute atomic E-state index is 0.162. The summed E-state index contributed by atoms with van der Waals surface area (Å²) in [7, 11) is 2.00. The van der Waals surface area contributed by atoms with E-state index in [1.165, 1.54) is 6.07 Å². The number of rotatable bonds is 2. The van der Waals surface area contributed by atoms with Gasteiger partial charge >= 0.3 is 6.09 Å². The zero-order valence-corrected chi connectivity index (χ0v) is 15.1. The zero-order valence-electron chi connectivity index (χ0n) is 15.1. The number of carbonyl (C=O) groups excluding carboxylic acids is 1. The van der Waals surface area contributed by atoms with Crippen LogP contribution in [-0.4, -0.2) is 52.7 Å². The first kappa shape index (κ1) is 17.3. The monoisotopic (exact) mass is 344 g/mol. The van der Waals surface area contributed by atoms with Crippen LogP contribution in [0.15, 0.2) is 29.2 Å². The van der Waals surface area contributed by atoms with Gasteiger partial charge in [0, 0.05) is 37.6 Å². The fourth-order valence-corrected chi connectivity index (χ4v) is 2.98. The molecule has 0 radical (unpaired) electrons. The van der Waals surface area contributed by atoms with Gasteiger partial charge in [-0.25, -0.2) is 9.78 Å². The number of hydrogen-bond acceptors (Lipinski definition) is 5. The summed E-state index contributed by atoms with van der Waals surface area (Å²) in [5.74, 6) is 0. The second-order valence-electron chi connectivity index (χ2n) is 7.43. The van der Waals surface area contributed by atoms with Crippen LogP contribution in [0.25, 0.3) is 11.0 Å². The molecule has 134 valence electrons. The highest BCUT2D eigenvalue weighted by Gasteiger charge is 2.32. The molecule has 2 aromatic heterocycles. The van der Waals surface area contributed by atoms with Crippen molar-refractivity contribution in [2.24, 2.45) is 0 Å². The van der Waals surface area contributed by atoms with Crippen molar-refractivity contribution in [3.05, 3.63) is 34.7 Å². The molecule has 0 aromatic carbocycles. The fraction of sp³-hybridized carbons (Fsp3) is 0.500. The minimum Gasteiger partial charge on any atom is -0.444 e. The van der Waals surface area contributed by atoms with Crippen molar-refractivity contribution in [2.75, 3.05) is 25.0 Å². The van der Waals surface area contributed by atoms with E-state index < -0.39 is 5.60 Å². The second-order valence-corrected chi connectivity index (χ2v) is 7.43. The normalized spacial score (nSPS) is 17.8. The van der Waals surface area contributed by atoms with Gasteiger partial charge in [-0.2, -0.15) is 0 Å². The fourth-order valence-electron chi connectivity index (χ4n) is 2.98. The standard InChI is InChI=1S/C18H24N4O3/c1-18(2,3)25-17(24)22-8-7-13(11-22)21(4)14-9-12-5-6-15(23)20-16(12)19-10-14/h5-6,9-10,13H,7-8,11H2,1-4H3,(H,19,20,23). The highest BCUT2D eigenvalue weighted by molar-refractivity contribution is 5.78. The number of nitrogens with one attached hydrogen (secondary N) is 1. The molecule has 3 heterocycles. The zero-order chi connectivity index (χ0) is 18.2. The number of pyridine rings is 2. The topological polar surface area (TPSA) is 78.5 Å². The molecule has 0 aliphatic carbocycles. The van der Waals surface area contributed by atoms with Crippen molar-refractivity contribution in [1.29, 1.82) is 0 Å².